The van der Waals surface area contributed by atoms with E-state index in [9.17, 15) is 0 Å². The predicted molar refractivity (Wildman–Crippen MR) is 124 cm³/mol. The molecule has 6 nitrogen and oxygen atoms in total. The number of aliphatic imine (C=N–C) groups is 1. The fourth-order valence-electron chi connectivity index (χ4n) is 3.46. The van der Waals surface area contributed by atoms with E-state index in [1.165, 1.54) is 18.4 Å². The number of benzene rings is 1. The Morgan fingerprint density at radius 2 is 1.93 bits per heavy atom. The second kappa shape index (κ2) is 10.9. The predicted octanol–water partition coefficient (Wildman–Crippen LogP) is 4.03. The van der Waals surface area contributed by atoms with Crippen molar-refractivity contribution < 1.29 is 4.74 Å². The third kappa shape index (κ3) is 6.12. The third-order valence-corrected chi connectivity index (χ3v) is 5.49. The molecular formula is C24H35N5O. The molecule has 2 aromatic rings. The van der Waals surface area contributed by atoms with E-state index in [0.717, 1.165) is 48.2 Å². The van der Waals surface area contributed by atoms with Gasteiger partial charge in [0.1, 0.15) is 11.6 Å². The van der Waals surface area contributed by atoms with E-state index in [4.69, 9.17) is 4.74 Å². The number of rotatable bonds is 8. The number of aromatic nitrogens is 1. The van der Waals surface area contributed by atoms with Gasteiger partial charge in [0.15, 0.2) is 5.96 Å². The highest BCUT2D eigenvalue weighted by atomic mass is 16.5. The molecule has 1 unspecified atom stereocenters. The first-order chi connectivity index (χ1) is 14.6. The molecule has 1 fully saturated rings. The van der Waals surface area contributed by atoms with Gasteiger partial charge in [-0.15, -0.1) is 0 Å². The van der Waals surface area contributed by atoms with Crippen LogP contribution in [-0.2, 0) is 13.1 Å². The molecule has 0 amide bonds. The summed E-state index contributed by atoms with van der Waals surface area (Å²) in [5, 5.41) is 6.77. The highest BCUT2D eigenvalue weighted by Gasteiger charge is 2.13. The van der Waals surface area contributed by atoms with Gasteiger partial charge in [-0.2, -0.15) is 0 Å². The van der Waals surface area contributed by atoms with Crippen LogP contribution >= 0.6 is 0 Å². The molecule has 0 saturated carbocycles. The Kier molecular flexibility index (Phi) is 7.94. The first kappa shape index (κ1) is 21.9. The minimum Gasteiger partial charge on any atom is -0.490 e. The van der Waals surface area contributed by atoms with Crippen LogP contribution in [0.5, 0.6) is 5.75 Å². The Bertz CT molecular complexity index is 828. The number of nitrogens with one attached hydrogen (secondary N) is 2. The fourth-order valence-corrected chi connectivity index (χ4v) is 3.46. The van der Waals surface area contributed by atoms with Crippen LogP contribution in [0, 0.1) is 6.92 Å². The Hall–Kier alpha value is -2.76. The summed E-state index contributed by atoms with van der Waals surface area (Å²) in [5.74, 6) is 2.77. The van der Waals surface area contributed by atoms with Gasteiger partial charge in [-0.25, -0.2) is 4.98 Å². The Labute approximate surface area is 180 Å². The molecule has 0 radical (unpaired) electrons. The van der Waals surface area contributed by atoms with Crippen LogP contribution < -0.4 is 20.3 Å². The fraction of sp³-hybridized carbons (Fsp3) is 0.500. The number of hydrogen-bond acceptors (Lipinski definition) is 4. The van der Waals surface area contributed by atoms with Crippen molar-refractivity contribution in [2.24, 2.45) is 4.99 Å². The van der Waals surface area contributed by atoms with Crippen LogP contribution in [0.4, 0.5) is 5.82 Å². The molecule has 0 bridgehead atoms. The van der Waals surface area contributed by atoms with Crippen molar-refractivity contribution in [2.75, 3.05) is 25.0 Å². The van der Waals surface area contributed by atoms with E-state index < -0.39 is 0 Å². The van der Waals surface area contributed by atoms with E-state index >= 15 is 0 Å². The maximum absolute atomic E-state index is 6.11. The van der Waals surface area contributed by atoms with Gasteiger partial charge in [0.2, 0.25) is 0 Å². The largest absolute Gasteiger partial charge is 0.490 e. The summed E-state index contributed by atoms with van der Waals surface area (Å²) in [5.41, 5.74) is 3.46. The van der Waals surface area contributed by atoms with Crippen molar-refractivity contribution in [3.05, 3.63) is 53.2 Å². The van der Waals surface area contributed by atoms with E-state index in [2.05, 4.69) is 76.6 Å². The van der Waals surface area contributed by atoms with Crippen LogP contribution in [0.25, 0.3) is 0 Å². The van der Waals surface area contributed by atoms with Crippen molar-refractivity contribution in [3.8, 4) is 5.75 Å². The number of guanidine groups is 1. The molecule has 6 heteroatoms. The summed E-state index contributed by atoms with van der Waals surface area (Å²) >= 11 is 0. The Morgan fingerprint density at radius 3 is 2.60 bits per heavy atom. The van der Waals surface area contributed by atoms with E-state index in [1.54, 1.807) is 7.05 Å². The van der Waals surface area contributed by atoms with Crippen molar-refractivity contribution in [1.82, 2.24) is 15.6 Å². The van der Waals surface area contributed by atoms with Crippen LogP contribution in [0.15, 0.2) is 41.5 Å². The molecule has 2 N–H and O–H groups in total. The molecule has 0 spiro atoms. The molecule has 1 atom stereocenters. The van der Waals surface area contributed by atoms with Gasteiger partial charge in [0.25, 0.3) is 0 Å². The molecule has 2 heterocycles. The van der Waals surface area contributed by atoms with Gasteiger partial charge in [0, 0.05) is 45.0 Å². The van der Waals surface area contributed by atoms with Crippen LogP contribution in [0.2, 0.25) is 0 Å². The lowest BCUT2D eigenvalue weighted by atomic mass is 10.1. The summed E-state index contributed by atoms with van der Waals surface area (Å²) in [6, 6.07) is 10.6. The average molecular weight is 410 g/mol. The third-order valence-electron chi connectivity index (χ3n) is 5.49. The lowest BCUT2D eigenvalue weighted by Crippen LogP contribution is -2.36. The zero-order valence-electron chi connectivity index (χ0n) is 18.7. The number of anilines is 1. The number of pyridine rings is 1. The second-order valence-corrected chi connectivity index (χ2v) is 7.95. The zero-order valence-corrected chi connectivity index (χ0v) is 18.7. The normalized spacial score (nSPS) is 15.2. The zero-order chi connectivity index (χ0) is 21.3. The Morgan fingerprint density at radius 1 is 1.17 bits per heavy atom. The molecule has 30 heavy (non-hydrogen) atoms. The lowest BCUT2D eigenvalue weighted by Gasteiger charge is -2.18. The van der Waals surface area contributed by atoms with Crippen LogP contribution in [0.1, 0.15) is 49.8 Å². The molecule has 1 aromatic heterocycles. The topological polar surface area (TPSA) is 61.8 Å². The van der Waals surface area contributed by atoms with E-state index in [1.807, 2.05) is 6.20 Å². The smallest absolute Gasteiger partial charge is 0.191 e. The van der Waals surface area contributed by atoms with Gasteiger partial charge in [-0.3, -0.25) is 4.99 Å². The van der Waals surface area contributed by atoms with Gasteiger partial charge in [-0.1, -0.05) is 25.1 Å². The standard InChI is InChI=1S/C24H35N5O/c1-5-19(3)30-22-14-18(2)8-10-21(22)17-28-24(25-4)27-16-20-9-11-23(26-15-20)29-12-6-7-13-29/h8-11,14-15,19H,5-7,12-13,16-17H2,1-4H3,(H2,25,27,28). The van der Waals surface area contributed by atoms with Crippen LogP contribution in [0.3, 0.4) is 0 Å². The summed E-state index contributed by atoms with van der Waals surface area (Å²) in [7, 11) is 1.79. The number of ether oxygens (including phenoxy) is 1. The highest BCUT2D eigenvalue weighted by molar-refractivity contribution is 5.79. The Balaban J connectivity index is 1.54. The summed E-state index contributed by atoms with van der Waals surface area (Å²) < 4.78 is 6.11. The van der Waals surface area contributed by atoms with Crippen molar-refractivity contribution in [1.29, 1.82) is 0 Å². The first-order valence-corrected chi connectivity index (χ1v) is 11.0. The first-order valence-electron chi connectivity index (χ1n) is 11.0. The monoisotopic (exact) mass is 409 g/mol. The molecular weight excluding hydrogens is 374 g/mol. The van der Waals surface area contributed by atoms with Crippen LogP contribution in [-0.4, -0.2) is 37.2 Å². The van der Waals surface area contributed by atoms with Gasteiger partial charge in [-0.05, 0) is 56.4 Å². The summed E-state index contributed by atoms with van der Waals surface area (Å²) in [6.07, 6.45) is 5.65. The molecule has 1 aliphatic heterocycles. The molecule has 162 valence electrons. The molecule has 0 aliphatic carbocycles. The molecule has 1 saturated heterocycles. The second-order valence-electron chi connectivity index (χ2n) is 7.95. The number of nitrogens with zero attached hydrogens (tertiary/aromatic N) is 3. The minimum absolute atomic E-state index is 0.194. The van der Waals surface area contributed by atoms with Gasteiger partial charge >= 0.3 is 0 Å². The van der Waals surface area contributed by atoms with Crippen molar-refractivity contribution in [3.63, 3.8) is 0 Å². The van der Waals surface area contributed by atoms with Gasteiger partial charge < -0.3 is 20.3 Å². The molecule has 1 aliphatic rings. The molecule has 3 rings (SSSR count). The minimum atomic E-state index is 0.194. The quantitative estimate of drug-likeness (QED) is 0.509. The SMILES string of the molecule is CCC(C)Oc1cc(C)ccc1CNC(=NC)NCc1ccc(N2CCCC2)nc1. The average Bonchev–Trinajstić information content (AvgIpc) is 3.30. The highest BCUT2D eigenvalue weighted by Crippen LogP contribution is 2.22. The summed E-state index contributed by atoms with van der Waals surface area (Å²) in [4.78, 5) is 11.3. The maximum atomic E-state index is 6.11. The van der Waals surface area contributed by atoms with Crippen molar-refractivity contribution >= 4 is 11.8 Å². The van der Waals surface area contributed by atoms with E-state index in [0.29, 0.717) is 13.1 Å². The van der Waals surface area contributed by atoms with Crippen molar-refractivity contribution in [2.45, 2.75) is 59.2 Å². The van der Waals surface area contributed by atoms with Gasteiger partial charge in [0.05, 0.1) is 6.10 Å². The number of aryl methyl sites for hydroxylation is 1. The number of hydrogen-bond donors (Lipinski definition) is 2. The maximum Gasteiger partial charge on any atom is 0.191 e. The lowest BCUT2D eigenvalue weighted by molar-refractivity contribution is 0.215. The summed E-state index contributed by atoms with van der Waals surface area (Å²) in [6.45, 7) is 9.88. The van der Waals surface area contributed by atoms with E-state index in [-0.39, 0.29) is 6.10 Å². The molecule has 1 aromatic carbocycles.